The van der Waals surface area contributed by atoms with Crippen LogP contribution in [0.3, 0.4) is 0 Å². The number of pyridine rings is 1. The lowest BCUT2D eigenvalue weighted by molar-refractivity contribution is -0.121. The lowest BCUT2D eigenvalue weighted by Gasteiger charge is -2.22. The van der Waals surface area contributed by atoms with Crippen LogP contribution in [-0.2, 0) is 11.2 Å². The molecule has 1 aromatic heterocycles. The van der Waals surface area contributed by atoms with Gasteiger partial charge in [-0.2, -0.15) is 0 Å². The second-order valence-corrected chi connectivity index (χ2v) is 7.48. The molecule has 3 aromatic carbocycles. The summed E-state index contributed by atoms with van der Waals surface area (Å²) in [6, 6.07) is 25.0. The van der Waals surface area contributed by atoms with Gasteiger partial charge >= 0.3 is 0 Å². The van der Waals surface area contributed by atoms with Crippen LogP contribution in [-0.4, -0.2) is 16.0 Å². The molecular weight excluding hydrogens is 372 g/mol. The first-order chi connectivity index (χ1) is 14.6. The van der Waals surface area contributed by atoms with Gasteiger partial charge in [-0.15, -0.1) is 0 Å². The molecule has 1 atom stereocenters. The normalized spacial score (nSPS) is 11.9. The number of phenolic OH excluding ortho intramolecular Hbond substituents is 1. The van der Waals surface area contributed by atoms with Crippen LogP contribution < -0.4 is 5.32 Å². The van der Waals surface area contributed by atoms with Crippen LogP contribution in [0.15, 0.2) is 85.1 Å². The maximum atomic E-state index is 12.8. The Balaban J connectivity index is 1.64. The zero-order valence-electron chi connectivity index (χ0n) is 16.9. The van der Waals surface area contributed by atoms with Crippen LogP contribution in [0.5, 0.6) is 5.75 Å². The quantitative estimate of drug-likeness (QED) is 0.477. The Hall–Kier alpha value is -3.66. The highest BCUT2D eigenvalue weighted by Gasteiger charge is 2.21. The fourth-order valence-electron chi connectivity index (χ4n) is 3.61. The van der Waals surface area contributed by atoms with Crippen LogP contribution in [0.1, 0.15) is 34.7 Å². The molecule has 4 nitrogen and oxygen atoms in total. The van der Waals surface area contributed by atoms with E-state index in [1.54, 1.807) is 6.20 Å². The van der Waals surface area contributed by atoms with E-state index in [9.17, 15) is 9.90 Å². The van der Waals surface area contributed by atoms with E-state index in [1.165, 1.54) is 0 Å². The summed E-state index contributed by atoms with van der Waals surface area (Å²) in [5.74, 6) is 0.0342. The number of hydrogen-bond donors (Lipinski definition) is 2. The SMILES string of the molecule is Cc1ccc([C@H](NC(=O)CCc2ccccc2)c2ccc3cccnc3c2O)cc1. The minimum Gasteiger partial charge on any atom is -0.505 e. The molecule has 0 aliphatic rings. The molecule has 0 unspecified atom stereocenters. The molecule has 2 N–H and O–H groups in total. The lowest BCUT2D eigenvalue weighted by atomic mass is 9.95. The van der Waals surface area contributed by atoms with E-state index in [0.717, 1.165) is 22.1 Å². The van der Waals surface area contributed by atoms with Gasteiger partial charge in [-0.25, -0.2) is 0 Å². The van der Waals surface area contributed by atoms with Gasteiger partial charge in [0.2, 0.25) is 5.91 Å². The van der Waals surface area contributed by atoms with Gasteiger partial charge < -0.3 is 10.4 Å². The number of aryl methyl sites for hydroxylation is 2. The molecule has 0 aliphatic carbocycles. The number of nitrogens with zero attached hydrogens (tertiary/aromatic N) is 1. The Labute approximate surface area is 176 Å². The van der Waals surface area contributed by atoms with Crippen LogP contribution in [0, 0.1) is 6.92 Å². The molecule has 4 heteroatoms. The van der Waals surface area contributed by atoms with Crippen LogP contribution in [0.25, 0.3) is 10.9 Å². The summed E-state index contributed by atoms with van der Waals surface area (Å²) in [6.45, 7) is 2.02. The Kier molecular flexibility index (Phi) is 5.75. The van der Waals surface area contributed by atoms with Crippen LogP contribution in [0.4, 0.5) is 0 Å². The molecule has 0 bridgehead atoms. The maximum absolute atomic E-state index is 12.8. The number of rotatable bonds is 6. The summed E-state index contributed by atoms with van der Waals surface area (Å²) in [7, 11) is 0. The van der Waals surface area contributed by atoms with Gasteiger partial charge in [-0.05, 0) is 30.5 Å². The third kappa shape index (κ3) is 4.33. The molecule has 1 heterocycles. The van der Waals surface area contributed by atoms with E-state index < -0.39 is 6.04 Å². The standard InChI is InChI=1S/C26H24N2O2/c1-18-9-12-21(13-10-18)24(28-23(29)16-11-19-6-3-2-4-7-19)22-15-14-20-8-5-17-27-25(20)26(22)30/h2-10,12-15,17,24,30H,11,16H2,1H3,(H,28,29)/t24-/m0/s1. The number of carbonyl (C=O) groups is 1. The molecule has 0 fully saturated rings. The van der Waals surface area contributed by atoms with Crippen molar-refractivity contribution in [1.82, 2.24) is 10.3 Å². The number of hydrogen-bond acceptors (Lipinski definition) is 3. The van der Waals surface area contributed by atoms with Gasteiger partial charge in [0.1, 0.15) is 11.3 Å². The van der Waals surface area contributed by atoms with E-state index in [4.69, 9.17) is 0 Å². The number of fused-ring (bicyclic) bond motifs is 1. The molecule has 0 saturated heterocycles. The fourth-order valence-corrected chi connectivity index (χ4v) is 3.61. The lowest BCUT2D eigenvalue weighted by Crippen LogP contribution is -2.29. The van der Waals surface area contributed by atoms with Crippen molar-refractivity contribution >= 4 is 16.8 Å². The van der Waals surface area contributed by atoms with Gasteiger partial charge in [0, 0.05) is 23.6 Å². The molecule has 0 aliphatic heterocycles. The van der Waals surface area contributed by atoms with Gasteiger partial charge in [-0.1, -0.05) is 78.4 Å². The Morgan fingerprint density at radius 3 is 2.50 bits per heavy atom. The number of phenols is 1. The first-order valence-corrected chi connectivity index (χ1v) is 10.1. The van der Waals surface area contributed by atoms with Crippen molar-refractivity contribution in [3.8, 4) is 5.75 Å². The summed E-state index contributed by atoms with van der Waals surface area (Å²) in [4.78, 5) is 17.1. The topological polar surface area (TPSA) is 62.2 Å². The zero-order chi connectivity index (χ0) is 20.9. The minimum absolute atomic E-state index is 0.0649. The Morgan fingerprint density at radius 2 is 1.73 bits per heavy atom. The predicted molar refractivity (Wildman–Crippen MR) is 119 cm³/mol. The van der Waals surface area contributed by atoms with Gasteiger partial charge in [0.25, 0.3) is 0 Å². The number of aromatic nitrogens is 1. The first-order valence-electron chi connectivity index (χ1n) is 10.1. The van der Waals surface area contributed by atoms with E-state index in [1.807, 2.05) is 85.8 Å². The summed E-state index contributed by atoms with van der Waals surface area (Å²) < 4.78 is 0. The summed E-state index contributed by atoms with van der Waals surface area (Å²) >= 11 is 0. The molecule has 150 valence electrons. The highest BCUT2D eigenvalue weighted by atomic mass is 16.3. The molecule has 0 saturated carbocycles. The summed E-state index contributed by atoms with van der Waals surface area (Å²) in [5.41, 5.74) is 4.34. The van der Waals surface area contributed by atoms with Crippen LogP contribution >= 0.6 is 0 Å². The average Bonchev–Trinajstić information content (AvgIpc) is 2.78. The van der Waals surface area contributed by atoms with Crippen molar-refractivity contribution in [2.75, 3.05) is 0 Å². The maximum Gasteiger partial charge on any atom is 0.221 e. The number of nitrogens with one attached hydrogen (secondary N) is 1. The number of amides is 1. The summed E-state index contributed by atoms with van der Waals surface area (Å²) in [6.07, 6.45) is 2.70. The van der Waals surface area contributed by atoms with Crippen molar-refractivity contribution < 1.29 is 9.90 Å². The second-order valence-electron chi connectivity index (χ2n) is 7.48. The van der Waals surface area contributed by atoms with Crippen molar-refractivity contribution in [3.05, 3.63) is 107 Å². The highest BCUT2D eigenvalue weighted by Crippen LogP contribution is 2.34. The van der Waals surface area contributed by atoms with Gasteiger partial charge in [0.05, 0.1) is 6.04 Å². The van der Waals surface area contributed by atoms with E-state index in [-0.39, 0.29) is 11.7 Å². The second kappa shape index (κ2) is 8.78. The molecule has 30 heavy (non-hydrogen) atoms. The van der Waals surface area contributed by atoms with Crippen molar-refractivity contribution in [1.29, 1.82) is 0 Å². The van der Waals surface area contributed by atoms with E-state index in [2.05, 4.69) is 10.3 Å². The van der Waals surface area contributed by atoms with Crippen molar-refractivity contribution in [3.63, 3.8) is 0 Å². The van der Waals surface area contributed by atoms with Gasteiger partial charge in [0.15, 0.2) is 0 Å². The Morgan fingerprint density at radius 1 is 0.967 bits per heavy atom. The molecule has 0 radical (unpaired) electrons. The van der Waals surface area contributed by atoms with Crippen molar-refractivity contribution in [2.24, 2.45) is 0 Å². The largest absolute Gasteiger partial charge is 0.505 e. The summed E-state index contributed by atoms with van der Waals surface area (Å²) in [5, 5.41) is 14.9. The third-order valence-corrected chi connectivity index (χ3v) is 5.29. The predicted octanol–water partition coefficient (Wildman–Crippen LogP) is 5.09. The smallest absolute Gasteiger partial charge is 0.221 e. The average molecular weight is 396 g/mol. The number of carbonyl (C=O) groups excluding carboxylic acids is 1. The highest BCUT2D eigenvalue weighted by molar-refractivity contribution is 5.86. The third-order valence-electron chi connectivity index (χ3n) is 5.29. The fraction of sp³-hybridized carbons (Fsp3) is 0.154. The number of aromatic hydroxyl groups is 1. The monoisotopic (exact) mass is 396 g/mol. The number of benzene rings is 3. The molecule has 1 amide bonds. The first kappa shape index (κ1) is 19.6. The Bertz CT molecular complexity index is 1150. The molecule has 4 rings (SSSR count). The molecular formula is C26H24N2O2. The van der Waals surface area contributed by atoms with Gasteiger partial charge in [-0.3, -0.25) is 9.78 Å². The molecule has 0 spiro atoms. The molecule has 4 aromatic rings. The zero-order valence-corrected chi connectivity index (χ0v) is 16.9. The van der Waals surface area contributed by atoms with Crippen LogP contribution in [0.2, 0.25) is 0 Å². The minimum atomic E-state index is -0.458. The van der Waals surface area contributed by atoms with Crippen molar-refractivity contribution in [2.45, 2.75) is 25.8 Å². The van der Waals surface area contributed by atoms with E-state index >= 15 is 0 Å². The van der Waals surface area contributed by atoms with E-state index in [0.29, 0.717) is 23.9 Å².